The van der Waals surface area contributed by atoms with Crippen LogP contribution in [-0.4, -0.2) is 50.8 Å². The molecular formula is C21H22N4O. The molecule has 5 rings (SSSR count). The number of rotatable bonds is 3. The van der Waals surface area contributed by atoms with Gasteiger partial charge < -0.3 is 9.30 Å². The van der Waals surface area contributed by atoms with Gasteiger partial charge in [0, 0.05) is 50.4 Å². The quantitative estimate of drug-likeness (QED) is 0.732. The smallest absolute Gasteiger partial charge is 0.222 e. The van der Waals surface area contributed by atoms with E-state index in [1.54, 1.807) is 0 Å². The first-order valence-corrected chi connectivity index (χ1v) is 9.33. The number of hydrogen-bond donors (Lipinski definition) is 0. The molecule has 26 heavy (non-hydrogen) atoms. The minimum atomic E-state index is 0.328. The van der Waals surface area contributed by atoms with E-state index >= 15 is 0 Å². The molecule has 0 unspecified atom stereocenters. The van der Waals surface area contributed by atoms with Crippen LogP contribution in [0.2, 0.25) is 0 Å². The van der Waals surface area contributed by atoms with Crippen LogP contribution in [0.5, 0.6) is 0 Å². The second kappa shape index (κ2) is 6.25. The largest absolute Gasteiger partial charge is 0.337 e. The lowest BCUT2D eigenvalue weighted by atomic mass is 10.1. The van der Waals surface area contributed by atoms with E-state index in [2.05, 4.69) is 56.8 Å². The van der Waals surface area contributed by atoms with E-state index in [1.807, 2.05) is 12.1 Å². The third-order valence-electron chi connectivity index (χ3n) is 5.63. The lowest BCUT2D eigenvalue weighted by Gasteiger charge is -2.37. The Bertz CT molecular complexity index is 949. The fourth-order valence-electron chi connectivity index (χ4n) is 4.31. The van der Waals surface area contributed by atoms with Crippen molar-refractivity contribution in [3.05, 3.63) is 60.4 Å². The molecule has 3 aromatic rings. The lowest BCUT2D eigenvalue weighted by molar-refractivity contribution is -0.130. The molecule has 2 aliphatic heterocycles. The highest BCUT2D eigenvalue weighted by molar-refractivity contribution is 5.79. The molecule has 1 amide bonds. The number of carbonyl (C=O) groups excluding carboxylic acids is 1. The molecule has 0 bridgehead atoms. The third kappa shape index (κ3) is 2.59. The zero-order valence-corrected chi connectivity index (χ0v) is 14.7. The zero-order chi connectivity index (χ0) is 17.5. The van der Waals surface area contributed by atoms with Crippen LogP contribution in [0.3, 0.4) is 0 Å². The molecule has 0 saturated carbocycles. The minimum absolute atomic E-state index is 0.328. The molecular weight excluding hydrogens is 324 g/mol. The Kier molecular flexibility index (Phi) is 3.75. The van der Waals surface area contributed by atoms with Gasteiger partial charge in [-0.1, -0.05) is 36.4 Å². The second-order valence-corrected chi connectivity index (χ2v) is 7.22. The molecule has 2 aromatic heterocycles. The van der Waals surface area contributed by atoms with E-state index < -0.39 is 0 Å². The summed E-state index contributed by atoms with van der Waals surface area (Å²) in [6.45, 7) is 3.59. The van der Waals surface area contributed by atoms with Crippen LogP contribution in [-0.2, 0) is 11.3 Å². The number of pyridine rings is 1. The van der Waals surface area contributed by atoms with Gasteiger partial charge in [-0.05, 0) is 18.6 Å². The summed E-state index contributed by atoms with van der Waals surface area (Å²) in [5.41, 5.74) is 4.42. The van der Waals surface area contributed by atoms with Crippen LogP contribution < -0.4 is 0 Å². The van der Waals surface area contributed by atoms with Gasteiger partial charge in [0.05, 0.1) is 11.4 Å². The monoisotopic (exact) mass is 346 g/mol. The maximum atomic E-state index is 11.9. The summed E-state index contributed by atoms with van der Waals surface area (Å²) in [7, 11) is 0. The van der Waals surface area contributed by atoms with Gasteiger partial charge in [0.25, 0.3) is 0 Å². The summed E-state index contributed by atoms with van der Waals surface area (Å²) in [6.07, 6.45) is 3.80. The number of nitrogens with zero attached hydrogens (tertiary/aromatic N) is 4. The lowest BCUT2D eigenvalue weighted by Crippen LogP contribution is -2.51. The molecule has 4 heterocycles. The number of fused-ring (bicyclic) bond motifs is 2. The van der Waals surface area contributed by atoms with E-state index in [0.717, 1.165) is 49.5 Å². The predicted octanol–water partition coefficient (Wildman–Crippen LogP) is 2.81. The number of piperazine rings is 1. The van der Waals surface area contributed by atoms with Crippen molar-refractivity contribution in [3.63, 3.8) is 0 Å². The summed E-state index contributed by atoms with van der Waals surface area (Å²) < 4.78 is 2.20. The first kappa shape index (κ1) is 15.6. The molecule has 1 atom stereocenters. The second-order valence-electron chi connectivity index (χ2n) is 7.22. The van der Waals surface area contributed by atoms with Gasteiger partial charge in [0.15, 0.2) is 0 Å². The normalized spacial score (nSPS) is 20.7. The molecule has 2 fully saturated rings. The van der Waals surface area contributed by atoms with Gasteiger partial charge in [0.2, 0.25) is 5.91 Å². The number of amides is 1. The maximum absolute atomic E-state index is 11.9. The van der Waals surface area contributed by atoms with Crippen LogP contribution in [0.15, 0.2) is 54.7 Å². The Morgan fingerprint density at radius 1 is 1.04 bits per heavy atom. The fraction of sp³-hybridized carbons (Fsp3) is 0.333. The maximum Gasteiger partial charge on any atom is 0.222 e. The molecule has 5 nitrogen and oxygen atoms in total. The van der Waals surface area contributed by atoms with Crippen LogP contribution in [0, 0.1) is 0 Å². The number of carbonyl (C=O) groups is 1. The first-order valence-electron chi connectivity index (χ1n) is 9.33. The Hall–Kier alpha value is -2.66. The van der Waals surface area contributed by atoms with Crippen molar-refractivity contribution in [3.8, 4) is 11.3 Å². The summed E-state index contributed by atoms with van der Waals surface area (Å²) in [6, 6.07) is 16.9. The van der Waals surface area contributed by atoms with E-state index in [9.17, 15) is 4.79 Å². The van der Waals surface area contributed by atoms with Gasteiger partial charge in [-0.15, -0.1) is 0 Å². The van der Waals surface area contributed by atoms with Crippen molar-refractivity contribution >= 4 is 11.6 Å². The van der Waals surface area contributed by atoms with Crippen LogP contribution >= 0.6 is 0 Å². The Morgan fingerprint density at radius 2 is 1.88 bits per heavy atom. The molecule has 2 saturated heterocycles. The summed E-state index contributed by atoms with van der Waals surface area (Å²) >= 11 is 0. The van der Waals surface area contributed by atoms with Gasteiger partial charge >= 0.3 is 0 Å². The van der Waals surface area contributed by atoms with E-state index in [0.29, 0.717) is 18.4 Å². The van der Waals surface area contributed by atoms with Gasteiger partial charge in [-0.2, -0.15) is 0 Å². The number of aromatic nitrogens is 2. The number of imidazole rings is 1. The molecule has 5 heteroatoms. The highest BCUT2D eigenvalue weighted by atomic mass is 16.2. The Balaban J connectivity index is 1.49. The number of benzene rings is 1. The predicted molar refractivity (Wildman–Crippen MR) is 101 cm³/mol. The van der Waals surface area contributed by atoms with Crippen molar-refractivity contribution in [2.24, 2.45) is 0 Å². The first-order chi connectivity index (χ1) is 12.8. The number of hydrogen-bond acceptors (Lipinski definition) is 3. The SMILES string of the molecule is O=C1CC[C@@H]2CN(Cc3c(-c4ccccc4)nc4ccccn34)CCN12. The standard InChI is InChI=1S/C21H22N4O/c26-20-10-9-17-14-23(12-13-24(17)20)15-18-21(16-6-2-1-3-7-16)22-19-8-4-5-11-25(18)19/h1-8,11,17H,9-10,12-15H2/t17-/m1/s1. The molecule has 0 aliphatic carbocycles. The van der Waals surface area contributed by atoms with Crippen molar-refractivity contribution < 1.29 is 4.79 Å². The van der Waals surface area contributed by atoms with E-state index in [4.69, 9.17) is 4.98 Å². The highest BCUT2D eigenvalue weighted by Gasteiger charge is 2.35. The fourth-order valence-corrected chi connectivity index (χ4v) is 4.31. The van der Waals surface area contributed by atoms with Crippen molar-refractivity contribution in [2.75, 3.05) is 19.6 Å². The molecule has 0 radical (unpaired) electrons. The molecule has 2 aliphatic rings. The van der Waals surface area contributed by atoms with E-state index in [1.165, 1.54) is 5.69 Å². The van der Waals surface area contributed by atoms with Crippen molar-refractivity contribution in [1.82, 2.24) is 19.2 Å². The van der Waals surface area contributed by atoms with Crippen molar-refractivity contribution in [2.45, 2.75) is 25.4 Å². The molecule has 1 aromatic carbocycles. The van der Waals surface area contributed by atoms with Gasteiger partial charge in [-0.3, -0.25) is 9.69 Å². The summed E-state index contributed by atoms with van der Waals surface area (Å²) in [5.74, 6) is 0.328. The summed E-state index contributed by atoms with van der Waals surface area (Å²) in [5, 5.41) is 0. The highest BCUT2D eigenvalue weighted by Crippen LogP contribution is 2.28. The van der Waals surface area contributed by atoms with Crippen molar-refractivity contribution in [1.29, 1.82) is 0 Å². The Morgan fingerprint density at radius 3 is 2.77 bits per heavy atom. The molecule has 132 valence electrons. The summed E-state index contributed by atoms with van der Waals surface area (Å²) in [4.78, 5) is 21.4. The van der Waals surface area contributed by atoms with Gasteiger partial charge in [-0.25, -0.2) is 4.98 Å². The molecule has 0 spiro atoms. The molecule has 0 N–H and O–H groups in total. The Labute approximate surface area is 152 Å². The third-order valence-corrected chi connectivity index (χ3v) is 5.63. The van der Waals surface area contributed by atoms with Crippen LogP contribution in [0.25, 0.3) is 16.9 Å². The average Bonchev–Trinajstić information content (AvgIpc) is 3.24. The van der Waals surface area contributed by atoms with Gasteiger partial charge in [0.1, 0.15) is 5.65 Å². The van der Waals surface area contributed by atoms with Crippen LogP contribution in [0.1, 0.15) is 18.5 Å². The van der Waals surface area contributed by atoms with E-state index in [-0.39, 0.29) is 0 Å². The van der Waals surface area contributed by atoms with Crippen LogP contribution in [0.4, 0.5) is 0 Å². The topological polar surface area (TPSA) is 40.9 Å². The zero-order valence-electron chi connectivity index (χ0n) is 14.7. The minimum Gasteiger partial charge on any atom is -0.337 e. The average molecular weight is 346 g/mol.